The predicted octanol–water partition coefficient (Wildman–Crippen LogP) is 2.19. The van der Waals surface area contributed by atoms with Gasteiger partial charge in [0.15, 0.2) is 0 Å². The fourth-order valence-electron chi connectivity index (χ4n) is 1.81. The van der Waals surface area contributed by atoms with Crippen molar-refractivity contribution < 1.29 is 4.42 Å². The van der Waals surface area contributed by atoms with Crippen molar-refractivity contribution >= 4 is 10.9 Å². The number of aryl methyl sites for hydroxylation is 1. The van der Waals surface area contributed by atoms with Crippen LogP contribution in [0.25, 0.3) is 22.2 Å². The van der Waals surface area contributed by atoms with E-state index >= 15 is 0 Å². The minimum atomic E-state index is -0.0524. The van der Waals surface area contributed by atoms with Crippen molar-refractivity contribution in [3.05, 3.63) is 53.3 Å². The van der Waals surface area contributed by atoms with Crippen LogP contribution in [0.4, 0.5) is 0 Å². The highest BCUT2D eigenvalue weighted by Gasteiger charge is 2.05. The van der Waals surface area contributed by atoms with Crippen LogP contribution >= 0.6 is 0 Å². The van der Waals surface area contributed by atoms with Gasteiger partial charge in [-0.25, -0.2) is 4.98 Å². The third kappa shape index (κ3) is 1.54. The number of nitrogens with zero attached hydrogens (tertiary/aromatic N) is 2. The number of rotatable bonds is 1. The quantitative estimate of drug-likeness (QED) is 0.639. The molecule has 0 aliphatic carbocycles. The van der Waals surface area contributed by atoms with Crippen molar-refractivity contribution in [2.45, 2.75) is 0 Å². The fraction of sp³-hybridized carbons (Fsp3) is 0.0769. The summed E-state index contributed by atoms with van der Waals surface area (Å²) in [6.45, 7) is 0. The van der Waals surface area contributed by atoms with E-state index in [-0.39, 0.29) is 5.56 Å². The second kappa shape index (κ2) is 3.59. The molecule has 17 heavy (non-hydrogen) atoms. The van der Waals surface area contributed by atoms with Gasteiger partial charge < -0.3 is 8.98 Å². The van der Waals surface area contributed by atoms with E-state index in [0.29, 0.717) is 10.9 Å². The van der Waals surface area contributed by atoms with E-state index in [1.54, 1.807) is 13.3 Å². The first-order valence-corrected chi connectivity index (χ1v) is 5.25. The molecule has 3 rings (SSSR count). The Morgan fingerprint density at radius 2 is 2.18 bits per heavy atom. The third-order valence-electron chi connectivity index (χ3n) is 2.72. The summed E-state index contributed by atoms with van der Waals surface area (Å²) < 4.78 is 6.78. The average molecular weight is 226 g/mol. The van der Waals surface area contributed by atoms with Crippen molar-refractivity contribution in [1.82, 2.24) is 9.55 Å². The third-order valence-corrected chi connectivity index (χ3v) is 2.72. The van der Waals surface area contributed by atoms with Crippen molar-refractivity contribution in [2.75, 3.05) is 0 Å². The summed E-state index contributed by atoms with van der Waals surface area (Å²) in [5, 5.41) is 0.601. The van der Waals surface area contributed by atoms with Crippen LogP contribution in [-0.4, -0.2) is 9.55 Å². The van der Waals surface area contributed by atoms with Gasteiger partial charge in [0.05, 0.1) is 23.5 Å². The molecule has 1 aromatic carbocycles. The lowest BCUT2D eigenvalue weighted by molar-refractivity contribution is 0.582. The van der Waals surface area contributed by atoms with E-state index in [4.69, 9.17) is 4.42 Å². The minimum Gasteiger partial charge on any atom is -0.464 e. The van der Waals surface area contributed by atoms with Crippen LogP contribution in [0, 0.1) is 0 Å². The smallest absolute Gasteiger partial charge is 0.260 e. The van der Waals surface area contributed by atoms with Gasteiger partial charge in [-0.1, -0.05) is 0 Å². The number of benzene rings is 1. The van der Waals surface area contributed by atoms with Gasteiger partial charge in [0.25, 0.3) is 5.56 Å². The van der Waals surface area contributed by atoms with Crippen molar-refractivity contribution in [3.8, 4) is 11.3 Å². The van der Waals surface area contributed by atoms with Crippen LogP contribution in [0.15, 0.2) is 52.1 Å². The first-order valence-electron chi connectivity index (χ1n) is 5.25. The van der Waals surface area contributed by atoms with Gasteiger partial charge in [-0.3, -0.25) is 4.79 Å². The molecule has 0 spiro atoms. The number of furan rings is 1. The highest BCUT2D eigenvalue weighted by Crippen LogP contribution is 2.22. The van der Waals surface area contributed by atoms with Gasteiger partial charge in [-0.2, -0.15) is 0 Å². The number of hydrogen-bond acceptors (Lipinski definition) is 3. The normalized spacial score (nSPS) is 10.9. The first kappa shape index (κ1) is 9.84. The molecule has 0 saturated heterocycles. The Labute approximate surface area is 97.1 Å². The molecule has 3 aromatic rings. The van der Waals surface area contributed by atoms with Gasteiger partial charge >= 0.3 is 0 Å². The summed E-state index contributed by atoms with van der Waals surface area (Å²) in [6.07, 6.45) is 3.14. The van der Waals surface area contributed by atoms with Gasteiger partial charge in [-0.15, -0.1) is 0 Å². The lowest BCUT2D eigenvalue weighted by Gasteiger charge is -2.02. The van der Waals surface area contributed by atoms with E-state index in [2.05, 4.69) is 4.98 Å². The molecule has 0 fully saturated rings. The monoisotopic (exact) mass is 226 g/mol. The molecule has 0 radical (unpaired) electrons. The topological polar surface area (TPSA) is 48.0 Å². The van der Waals surface area contributed by atoms with E-state index in [1.165, 1.54) is 10.9 Å². The molecule has 0 saturated carbocycles. The molecule has 4 heteroatoms. The molecule has 0 aliphatic rings. The standard InChI is InChI=1S/C13H10N2O2/c1-15-8-14-11-5-4-9(7-10(11)13(15)16)12-3-2-6-17-12/h2-8H,1H3. The summed E-state index contributed by atoms with van der Waals surface area (Å²) >= 11 is 0. The lowest BCUT2D eigenvalue weighted by Crippen LogP contribution is -2.16. The molecule has 0 N–H and O–H groups in total. The van der Waals surface area contributed by atoms with E-state index < -0.39 is 0 Å². The lowest BCUT2D eigenvalue weighted by atomic mass is 10.1. The van der Waals surface area contributed by atoms with Crippen molar-refractivity contribution in [2.24, 2.45) is 7.05 Å². The molecular formula is C13H10N2O2. The van der Waals surface area contributed by atoms with Gasteiger partial charge in [0, 0.05) is 12.6 Å². The maximum Gasteiger partial charge on any atom is 0.260 e. The second-order valence-electron chi connectivity index (χ2n) is 3.87. The van der Waals surface area contributed by atoms with Crippen molar-refractivity contribution in [3.63, 3.8) is 0 Å². The highest BCUT2D eigenvalue weighted by atomic mass is 16.3. The summed E-state index contributed by atoms with van der Waals surface area (Å²) in [7, 11) is 1.69. The fourth-order valence-corrected chi connectivity index (χ4v) is 1.81. The molecule has 0 bridgehead atoms. The number of hydrogen-bond donors (Lipinski definition) is 0. The molecule has 0 aliphatic heterocycles. The molecule has 4 nitrogen and oxygen atoms in total. The van der Waals surface area contributed by atoms with Crippen LogP contribution in [0.3, 0.4) is 0 Å². The molecule has 0 atom stereocenters. The largest absolute Gasteiger partial charge is 0.464 e. The molecule has 84 valence electrons. The maximum atomic E-state index is 11.9. The number of aromatic nitrogens is 2. The van der Waals surface area contributed by atoms with Gasteiger partial charge in [-0.05, 0) is 30.3 Å². The van der Waals surface area contributed by atoms with E-state index in [0.717, 1.165) is 11.3 Å². The zero-order chi connectivity index (χ0) is 11.8. The minimum absolute atomic E-state index is 0.0524. The molecular weight excluding hydrogens is 216 g/mol. The Morgan fingerprint density at radius 3 is 2.94 bits per heavy atom. The van der Waals surface area contributed by atoms with Gasteiger partial charge in [0.2, 0.25) is 0 Å². The van der Waals surface area contributed by atoms with Crippen LogP contribution in [0.1, 0.15) is 0 Å². The second-order valence-corrected chi connectivity index (χ2v) is 3.87. The summed E-state index contributed by atoms with van der Waals surface area (Å²) in [4.78, 5) is 16.1. The van der Waals surface area contributed by atoms with E-state index in [1.807, 2.05) is 30.3 Å². The maximum absolute atomic E-state index is 11.9. The predicted molar refractivity (Wildman–Crippen MR) is 64.7 cm³/mol. The molecule has 0 unspecified atom stereocenters. The summed E-state index contributed by atoms with van der Waals surface area (Å²) in [5.41, 5.74) is 1.53. The number of fused-ring (bicyclic) bond motifs is 1. The Morgan fingerprint density at radius 1 is 1.29 bits per heavy atom. The van der Waals surface area contributed by atoms with Crippen LogP contribution in [0.5, 0.6) is 0 Å². The average Bonchev–Trinajstić information content (AvgIpc) is 2.87. The van der Waals surface area contributed by atoms with Crippen LogP contribution < -0.4 is 5.56 Å². The zero-order valence-corrected chi connectivity index (χ0v) is 9.25. The molecule has 0 amide bonds. The summed E-state index contributed by atoms with van der Waals surface area (Å²) in [5.74, 6) is 0.748. The van der Waals surface area contributed by atoms with E-state index in [9.17, 15) is 4.79 Å². The van der Waals surface area contributed by atoms with Crippen LogP contribution in [-0.2, 0) is 7.05 Å². The zero-order valence-electron chi connectivity index (χ0n) is 9.25. The Bertz CT molecular complexity index is 727. The van der Waals surface area contributed by atoms with Crippen LogP contribution in [0.2, 0.25) is 0 Å². The Balaban J connectivity index is 2.32. The first-order chi connectivity index (χ1) is 8.25. The van der Waals surface area contributed by atoms with Gasteiger partial charge in [0.1, 0.15) is 5.76 Å². The summed E-state index contributed by atoms with van der Waals surface area (Å²) in [6, 6.07) is 9.22. The molecule has 2 heterocycles. The molecule has 2 aromatic heterocycles. The highest BCUT2D eigenvalue weighted by molar-refractivity contribution is 5.82. The Hall–Kier alpha value is -2.36. The Kier molecular flexibility index (Phi) is 2.08. The van der Waals surface area contributed by atoms with Crippen molar-refractivity contribution in [1.29, 1.82) is 0 Å². The SMILES string of the molecule is Cn1cnc2ccc(-c3ccco3)cc2c1=O.